The minimum Gasteiger partial charge on any atom is -0.481 e. The fourth-order valence-corrected chi connectivity index (χ4v) is 4.16. The van der Waals surface area contributed by atoms with E-state index in [0.29, 0.717) is 11.8 Å². The van der Waals surface area contributed by atoms with Gasteiger partial charge in [0.25, 0.3) is 0 Å². The Morgan fingerprint density at radius 1 is 1.29 bits per heavy atom. The van der Waals surface area contributed by atoms with Gasteiger partial charge in [-0.25, -0.2) is 0 Å². The Bertz CT molecular complexity index is 364. The highest BCUT2D eigenvalue weighted by Crippen LogP contribution is 2.42. The lowest BCUT2D eigenvalue weighted by molar-refractivity contribution is -0.146. The smallest absolute Gasteiger partial charge is 0.308 e. The molecule has 0 aromatic rings. The number of aliphatic carboxylic acids is 1. The van der Waals surface area contributed by atoms with Crippen LogP contribution in [0.2, 0.25) is 0 Å². The Hall–Kier alpha value is -0.610. The molecule has 4 atom stereocenters. The number of carboxylic acid groups (broad SMARTS) is 1. The van der Waals surface area contributed by atoms with E-state index >= 15 is 0 Å². The maximum Gasteiger partial charge on any atom is 0.308 e. The first kappa shape index (κ1) is 16.8. The Morgan fingerprint density at radius 2 is 2.00 bits per heavy atom. The van der Waals surface area contributed by atoms with Crippen molar-refractivity contribution < 1.29 is 14.6 Å². The van der Waals surface area contributed by atoms with Crippen molar-refractivity contribution in [3.8, 4) is 0 Å². The van der Waals surface area contributed by atoms with Crippen molar-refractivity contribution in [1.82, 2.24) is 4.90 Å². The summed E-state index contributed by atoms with van der Waals surface area (Å²) in [7, 11) is 1.75. The highest BCUT2D eigenvalue weighted by molar-refractivity contribution is 5.71. The van der Waals surface area contributed by atoms with Gasteiger partial charge in [0.1, 0.15) is 0 Å². The summed E-state index contributed by atoms with van der Waals surface area (Å²) in [6.07, 6.45) is 4.04. The number of hydrogen-bond acceptors (Lipinski definition) is 3. The van der Waals surface area contributed by atoms with Crippen LogP contribution in [-0.2, 0) is 9.53 Å². The van der Waals surface area contributed by atoms with Crippen molar-refractivity contribution in [3.05, 3.63) is 0 Å². The third kappa shape index (κ3) is 3.98. The Morgan fingerprint density at radius 3 is 2.57 bits per heavy atom. The minimum atomic E-state index is -0.609. The lowest BCUT2D eigenvalue weighted by Crippen LogP contribution is -2.48. The van der Waals surface area contributed by atoms with Gasteiger partial charge < -0.3 is 9.84 Å². The number of carboxylic acids is 1. The van der Waals surface area contributed by atoms with Crippen LogP contribution < -0.4 is 0 Å². The van der Waals surface area contributed by atoms with E-state index < -0.39 is 5.97 Å². The molecule has 2 aliphatic rings. The van der Waals surface area contributed by atoms with Crippen LogP contribution in [0.3, 0.4) is 0 Å². The molecule has 2 rings (SSSR count). The van der Waals surface area contributed by atoms with E-state index in [-0.39, 0.29) is 17.4 Å². The second-order valence-corrected chi connectivity index (χ2v) is 7.99. The van der Waals surface area contributed by atoms with Crippen LogP contribution in [0.4, 0.5) is 0 Å². The average molecular weight is 297 g/mol. The topological polar surface area (TPSA) is 49.8 Å². The molecule has 1 aliphatic carbocycles. The number of likely N-dealkylation sites (tertiary alicyclic amines) is 1. The molecule has 0 bridgehead atoms. The van der Waals surface area contributed by atoms with Gasteiger partial charge in [0.15, 0.2) is 0 Å². The summed E-state index contributed by atoms with van der Waals surface area (Å²) in [5.74, 6) is 0.395. The molecule has 0 aromatic heterocycles. The lowest BCUT2D eigenvalue weighted by atomic mass is 9.67. The normalized spacial score (nSPS) is 35.0. The molecule has 4 nitrogen and oxygen atoms in total. The summed E-state index contributed by atoms with van der Waals surface area (Å²) in [5, 5.41) is 9.58. The number of hydrogen-bond donors (Lipinski definition) is 1. The molecule has 21 heavy (non-hydrogen) atoms. The fraction of sp³-hybridized carbons (Fsp3) is 0.941. The molecule has 4 heteroatoms. The third-order valence-electron chi connectivity index (χ3n) is 5.55. The molecule has 122 valence electrons. The van der Waals surface area contributed by atoms with E-state index in [1.165, 1.54) is 0 Å². The van der Waals surface area contributed by atoms with E-state index in [1.54, 1.807) is 7.11 Å². The maximum absolute atomic E-state index is 11.6. The molecule has 4 unspecified atom stereocenters. The Kier molecular flexibility index (Phi) is 5.31. The van der Waals surface area contributed by atoms with Crippen LogP contribution in [0.1, 0.15) is 46.5 Å². The lowest BCUT2D eigenvalue weighted by Gasteiger charge is -2.44. The monoisotopic (exact) mass is 297 g/mol. The summed E-state index contributed by atoms with van der Waals surface area (Å²) in [6, 6.07) is 0.210. The highest BCUT2D eigenvalue weighted by Gasteiger charge is 2.43. The van der Waals surface area contributed by atoms with Gasteiger partial charge in [-0.3, -0.25) is 9.69 Å². The molecule has 1 saturated carbocycles. The average Bonchev–Trinajstić information content (AvgIpc) is 2.86. The molecule has 1 aliphatic heterocycles. The molecule has 0 spiro atoms. The maximum atomic E-state index is 11.6. The van der Waals surface area contributed by atoms with Crippen LogP contribution in [0.15, 0.2) is 0 Å². The standard InChI is InChI=1S/C17H31NO3/c1-17(2,3)13-5-6-14(16(19)20)15(9-13)18-8-7-12(10-18)11-21-4/h12-15H,5-11H2,1-4H3,(H,19,20). The molecule has 1 N–H and O–H groups in total. The third-order valence-corrected chi connectivity index (χ3v) is 5.55. The van der Waals surface area contributed by atoms with Crippen molar-refractivity contribution in [2.75, 3.05) is 26.8 Å². The van der Waals surface area contributed by atoms with E-state index in [4.69, 9.17) is 4.74 Å². The summed E-state index contributed by atoms with van der Waals surface area (Å²) in [5.41, 5.74) is 0.271. The van der Waals surface area contributed by atoms with Gasteiger partial charge in [0, 0.05) is 19.7 Å². The van der Waals surface area contributed by atoms with Crippen molar-refractivity contribution in [3.63, 3.8) is 0 Å². The predicted molar refractivity (Wildman–Crippen MR) is 83.3 cm³/mol. The first-order valence-electron chi connectivity index (χ1n) is 8.28. The fourth-order valence-electron chi connectivity index (χ4n) is 4.16. The zero-order valence-electron chi connectivity index (χ0n) is 14.0. The summed E-state index contributed by atoms with van der Waals surface area (Å²) in [6.45, 7) is 9.68. The SMILES string of the molecule is COCC1CCN(C2CC(C(C)(C)C)CCC2C(=O)O)C1. The highest BCUT2D eigenvalue weighted by atomic mass is 16.5. The van der Waals surface area contributed by atoms with Crippen molar-refractivity contribution in [2.24, 2.45) is 23.2 Å². The van der Waals surface area contributed by atoms with Crippen molar-refractivity contribution in [1.29, 1.82) is 0 Å². The molecule has 1 saturated heterocycles. The molecule has 1 heterocycles. The molecule has 2 fully saturated rings. The Balaban J connectivity index is 2.06. The molecule has 0 aromatic carbocycles. The first-order chi connectivity index (χ1) is 9.82. The van der Waals surface area contributed by atoms with Crippen LogP contribution in [-0.4, -0.2) is 48.8 Å². The van der Waals surface area contributed by atoms with Gasteiger partial charge in [-0.2, -0.15) is 0 Å². The summed E-state index contributed by atoms with van der Waals surface area (Å²) < 4.78 is 5.27. The zero-order chi connectivity index (χ0) is 15.6. The predicted octanol–water partition coefficient (Wildman–Crippen LogP) is 2.87. The minimum absolute atomic E-state index is 0.190. The van der Waals surface area contributed by atoms with Gasteiger partial charge in [0.2, 0.25) is 0 Å². The van der Waals surface area contributed by atoms with E-state index in [2.05, 4.69) is 25.7 Å². The van der Waals surface area contributed by atoms with Crippen LogP contribution in [0, 0.1) is 23.2 Å². The Labute approximate surface area is 128 Å². The van der Waals surface area contributed by atoms with E-state index in [9.17, 15) is 9.90 Å². The number of nitrogens with zero attached hydrogens (tertiary/aromatic N) is 1. The van der Waals surface area contributed by atoms with Gasteiger partial charge in [-0.1, -0.05) is 20.8 Å². The number of methoxy groups -OCH3 is 1. The van der Waals surface area contributed by atoms with Crippen LogP contribution in [0.5, 0.6) is 0 Å². The van der Waals surface area contributed by atoms with Gasteiger partial charge >= 0.3 is 5.97 Å². The zero-order valence-corrected chi connectivity index (χ0v) is 14.0. The number of carbonyl (C=O) groups is 1. The van der Waals surface area contributed by atoms with Crippen LogP contribution in [0.25, 0.3) is 0 Å². The summed E-state index contributed by atoms with van der Waals surface area (Å²) >= 11 is 0. The van der Waals surface area contributed by atoms with E-state index in [0.717, 1.165) is 45.4 Å². The van der Waals surface area contributed by atoms with Crippen LogP contribution >= 0.6 is 0 Å². The quantitative estimate of drug-likeness (QED) is 0.867. The van der Waals surface area contributed by atoms with Crippen molar-refractivity contribution >= 4 is 5.97 Å². The number of ether oxygens (including phenoxy) is 1. The molecular formula is C17H31NO3. The van der Waals surface area contributed by atoms with Crippen molar-refractivity contribution in [2.45, 2.75) is 52.5 Å². The number of rotatable bonds is 4. The van der Waals surface area contributed by atoms with Gasteiger partial charge in [-0.15, -0.1) is 0 Å². The summed E-state index contributed by atoms with van der Waals surface area (Å²) in [4.78, 5) is 14.1. The first-order valence-corrected chi connectivity index (χ1v) is 8.28. The second kappa shape index (κ2) is 6.66. The van der Waals surface area contributed by atoms with Gasteiger partial charge in [-0.05, 0) is 49.5 Å². The largest absolute Gasteiger partial charge is 0.481 e. The molecular weight excluding hydrogens is 266 g/mol. The van der Waals surface area contributed by atoms with E-state index in [1.807, 2.05) is 0 Å². The molecule has 0 amide bonds. The van der Waals surface area contributed by atoms with Gasteiger partial charge in [0.05, 0.1) is 12.5 Å². The second-order valence-electron chi connectivity index (χ2n) is 7.99. The molecule has 0 radical (unpaired) electrons.